The van der Waals surface area contributed by atoms with Crippen LogP contribution in [0.2, 0.25) is 0 Å². The van der Waals surface area contributed by atoms with E-state index in [4.69, 9.17) is 0 Å². The summed E-state index contributed by atoms with van der Waals surface area (Å²) in [4.78, 5) is 12.0. The van der Waals surface area contributed by atoms with Crippen LogP contribution in [0.4, 0.5) is 5.13 Å². The lowest BCUT2D eigenvalue weighted by Gasteiger charge is -2.29. The van der Waals surface area contributed by atoms with Crippen LogP contribution in [-0.4, -0.2) is 33.9 Å². The Morgan fingerprint density at radius 3 is 2.86 bits per heavy atom. The number of carbonyl (C=O) groups is 1. The van der Waals surface area contributed by atoms with E-state index in [0.29, 0.717) is 23.8 Å². The lowest BCUT2D eigenvalue weighted by Crippen LogP contribution is -2.41. The monoisotopic (exact) mass is 326 g/mol. The Labute approximate surface area is 133 Å². The molecular weight excluding hydrogens is 304 g/mol. The van der Waals surface area contributed by atoms with Crippen LogP contribution in [0.3, 0.4) is 0 Å². The zero-order chi connectivity index (χ0) is 14.7. The molecule has 1 aromatic rings. The normalized spacial score (nSPS) is 25.6. The number of nitrogens with zero attached hydrogens (tertiary/aromatic N) is 2. The van der Waals surface area contributed by atoms with E-state index < -0.39 is 0 Å². The van der Waals surface area contributed by atoms with Gasteiger partial charge in [-0.1, -0.05) is 42.9 Å². The number of hydrogen-bond donors (Lipinski definition) is 2. The molecule has 0 radical (unpaired) electrons. The second-order valence-corrected chi connectivity index (χ2v) is 8.22. The van der Waals surface area contributed by atoms with Gasteiger partial charge in [-0.3, -0.25) is 4.79 Å². The van der Waals surface area contributed by atoms with Gasteiger partial charge in [0.25, 0.3) is 0 Å². The summed E-state index contributed by atoms with van der Waals surface area (Å²) in [5.41, 5.74) is 0. The summed E-state index contributed by atoms with van der Waals surface area (Å²) in [5.74, 6) is 1.15. The van der Waals surface area contributed by atoms with Crippen molar-refractivity contribution in [3.05, 3.63) is 0 Å². The van der Waals surface area contributed by atoms with Crippen LogP contribution in [0.25, 0.3) is 0 Å². The summed E-state index contributed by atoms with van der Waals surface area (Å²) in [6.45, 7) is 2.23. The van der Waals surface area contributed by atoms with Gasteiger partial charge in [-0.25, -0.2) is 0 Å². The average molecular weight is 326 g/mol. The Hall–Kier alpha value is -0.820. The van der Waals surface area contributed by atoms with Crippen LogP contribution in [0.5, 0.6) is 0 Å². The van der Waals surface area contributed by atoms with Gasteiger partial charge in [0.1, 0.15) is 0 Å². The molecule has 1 amide bonds. The summed E-state index contributed by atoms with van der Waals surface area (Å²) in [6.07, 6.45) is 7.32. The molecule has 2 unspecified atom stereocenters. The minimum Gasteiger partial charge on any atom is -0.357 e. The Morgan fingerprint density at radius 2 is 2.10 bits per heavy atom. The molecule has 0 bridgehead atoms. The van der Waals surface area contributed by atoms with Gasteiger partial charge in [0.2, 0.25) is 11.0 Å². The Morgan fingerprint density at radius 1 is 1.29 bits per heavy atom. The second-order valence-electron chi connectivity index (χ2n) is 6.02. The van der Waals surface area contributed by atoms with E-state index in [-0.39, 0.29) is 5.91 Å². The average Bonchev–Trinajstić information content (AvgIpc) is 3.16. The van der Waals surface area contributed by atoms with Crippen LogP contribution >= 0.6 is 23.1 Å². The van der Waals surface area contributed by atoms with Crippen molar-refractivity contribution >= 4 is 34.1 Å². The molecule has 3 rings (SSSR count). The third kappa shape index (κ3) is 4.57. The van der Waals surface area contributed by atoms with Crippen molar-refractivity contribution in [3.8, 4) is 0 Å². The van der Waals surface area contributed by atoms with Gasteiger partial charge >= 0.3 is 0 Å². The van der Waals surface area contributed by atoms with Crippen LogP contribution in [0.1, 0.15) is 45.4 Å². The lowest BCUT2D eigenvalue weighted by atomic mass is 9.86. The number of rotatable bonds is 6. The third-order valence-corrected chi connectivity index (χ3v) is 6.08. The zero-order valence-corrected chi connectivity index (χ0v) is 13.9. The zero-order valence-electron chi connectivity index (χ0n) is 12.3. The molecule has 2 fully saturated rings. The highest BCUT2D eigenvalue weighted by molar-refractivity contribution is 8.01. The van der Waals surface area contributed by atoms with Crippen molar-refractivity contribution in [3.63, 3.8) is 0 Å². The quantitative estimate of drug-likeness (QED) is 0.787. The van der Waals surface area contributed by atoms with Crippen molar-refractivity contribution in [1.29, 1.82) is 0 Å². The molecular formula is C14H22N4OS2. The Bertz CT molecular complexity index is 489. The molecule has 2 aliphatic rings. The fraction of sp³-hybridized carbons (Fsp3) is 0.786. The van der Waals surface area contributed by atoms with Crippen LogP contribution < -0.4 is 10.6 Å². The maximum absolute atomic E-state index is 12.0. The topological polar surface area (TPSA) is 66.9 Å². The first-order valence-electron chi connectivity index (χ1n) is 7.73. The summed E-state index contributed by atoms with van der Waals surface area (Å²) in [5, 5.41) is 15.6. The van der Waals surface area contributed by atoms with Gasteiger partial charge in [0.15, 0.2) is 4.34 Å². The molecule has 7 heteroatoms. The molecule has 0 aromatic carbocycles. The summed E-state index contributed by atoms with van der Waals surface area (Å²) < 4.78 is 0.866. The van der Waals surface area contributed by atoms with Gasteiger partial charge in [0, 0.05) is 12.1 Å². The van der Waals surface area contributed by atoms with Crippen LogP contribution in [0, 0.1) is 5.92 Å². The van der Waals surface area contributed by atoms with Gasteiger partial charge in [-0.05, 0) is 31.6 Å². The van der Waals surface area contributed by atoms with E-state index in [0.717, 1.165) is 15.9 Å². The van der Waals surface area contributed by atoms with Crippen molar-refractivity contribution < 1.29 is 4.79 Å². The van der Waals surface area contributed by atoms with Gasteiger partial charge in [-0.2, -0.15) is 0 Å². The van der Waals surface area contributed by atoms with Crippen molar-refractivity contribution in [2.75, 3.05) is 11.1 Å². The minimum absolute atomic E-state index is 0.116. The highest BCUT2D eigenvalue weighted by Gasteiger charge is 2.24. The molecule has 2 N–H and O–H groups in total. The van der Waals surface area contributed by atoms with E-state index in [2.05, 4.69) is 27.8 Å². The van der Waals surface area contributed by atoms with Crippen molar-refractivity contribution in [2.45, 2.75) is 61.9 Å². The molecule has 0 spiro atoms. The first-order chi connectivity index (χ1) is 10.2. The van der Waals surface area contributed by atoms with E-state index in [1.807, 2.05) is 0 Å². The fourth-order valence-corrected chi connectivity index (χ4v) is 4.28. The molecule has 1 heterocycles. The first-order valence-corrected chi connectivity index (χ1v) is 9.53. The van der Waals surface area contributed by atoms with E-state index in [1.54, 1.807) is 0 Å². The van der Waals surface area contributed by atoms with E-state index in [1.165, 1.54) is 55.2 Å². The summed E-state index contributed by atoms with van der Waals surface area (Å²) >= 11 is 3.02. The number of carbonyl (C=O) groups excluding carboxylic acids is 1. The first kappa shape index (κ1) is 15.1. The molecule has 2 atom stereocenters. The van der Waals surface area contributed by atoms with Gasteiger partial charge < -0.3 is 10.6 Å². The molecule has 0 saturated heterocycles. The largest absolute Gasteiger partial charge is 0.357 e. The van der Waals surface area contributed by atoms with Crippen molar-refractivity contribution in [2.24, 2.45) is 5.92 Å². The predicted molar refractivity (Wildman–Crippen MR) is 86.8 cm³/mol. The standard InChI is InChI=1S/C14H22N4OS2/c1-9-4-2-3-5-11(9)16-12(19)8-20-14-18-17-13(21-14)15-10-6-7-10/h9-11H,2-8H2,1H3,(H,15,17)(H,16,19). The second kappa shape index (κ2) is 6.96. The van der Waals surface area contributed by atoms with Crippen molar-refractivity contribution in [1.82, 2.24) is 15.5 Å². The number of hydrogen-bond acceptors (Lipinski definition) is 6. The van der Waals surface area contributed by atoms with Crippen LogP contribution in [-0.2, 0) is 4.79 Å². The summed E-state index contributed by atoms with van der Waals surface area (Å²) in [7, 11) is 0. The third-order valence-electron chi connectivity index (χ3n) is 4.10. The molecule has 116 valence electrons. The van der Waals surface area contributed by atoms with Crippen LogP contribution in [0.15, 0.2) is 4.34 Å². The van der Waals surface area contributed by atoms with Gasteiger partial charge in [0.05, 0.1) is 5.75 Å². The smallest absolute Gasteiger partial charge is 0.230 e. The highest BCUT2D eigenvalue weighted by atomic mass is 32.2. The molecule has 5 nitrogen and oxygen atoms in total. The Kier molecular flexibility index (Phi) is 5.00. The molecule has 2 saturated carbocycles. The number of thioether (sulfide) groups is 1. The summed E-state index contributed by atoms with van der Waals surface area (Å²) in [6, 6.07) is 0.945. The van der Waals surface area contributed by atoms with E-state index >= 15 is 0 Å². The Balaban J connectivity index is 1.41. The maximum Gasteiger partial charge on any atom is 0.230 e. The number of anilines is 1. The number of aromatic nitrogens is 2. The van der Waals surface area contributed by atoms with E-state index in [9.17, 15) is 4.79 Å². The fourth-order valence-electron chi connectivity index (χ4n) is 2.64. The highest BCUT2D eigenvalue weighted by Crippen LogP contribution is 2.30. The predicted octanol–water partition coefficient (Wildman–Crippen LogP) is 2.90. The minimum atomic E-state index is 0.116. The molecule has 0 aliphatic heterocycles. The SMILES string of the molecule is CC1CCCCC1NC(=O)CSc1nnc(NC2CC2)s1. The molecule has 2 aliphatic carbocycles. The number of nitrogens with one attached hydrogen (secondary N) is 2. The maximum atomic E-state index is 12.0. The van der Waals surface area contributed by atoms with Gasteiger partial charge in [-0.15, -0.1) is 10.2 Å². The number of amides is 1. The lowest BCUT2D eigenvalue weighted by molar-refractivity contribution is -0.119. The molecule has 1 aromatic heterocycles. The molecule has 21 heavy (non-hydrogen) atoms.